The summed E-state index contributed by atoms with van der Waals surface area (Å²) >= 11 is 1.85. The predicted molar refractivity (Wildman–Crippen MR) is 70.0 cm³/mol. The summed E-state index contributed by atoms with van der Waals surface area (Å²) in [6.07, 6.45) is 1.13. The van der Waals surface area contributed by atoms with E-state index >= 15 is 0 Å². The summed E-state index contributed by atoms with van der Waals surface area (Å²) in [6, 6.07) is 1.78. The van der Waals surface area contributed by atoms with Crippen LogP contribution in [0.15, 0.2) is 11.4 Å². The molecular formula is C12H19N3OS. The van der Waals surface area contributed by atoms with Crippen molar-refractivity contribution in [2.24, 2.45) is 5.73 Å². The molecule has 94 valence electrons. The van der Waals surface area contributed by atoms with Crippen molar-refractivity contribution in [3.8, 4) is 0 Å². The minimum atomic E-state index is -0.417. The molecule has 0 aromatic carbocycles. The van der Waals surface area contributed by atoms with Gasteiger partial charge in [-0.05, 0) is 30.4 Å². The molecule has 1 aliphatic rings. The smallest absolute Gasteiger partial charge is 0.236 e. The number of nitrogens with two attached hydrogens (primary N) is 1. The lowest BCUT2D eigenvalue weighted by Gasteiger charge is -2.26. The van der Waals surface area contributed by atoms with Gasteiger partial charge in [-0.15, -0.1) is 11.3 Å². The number of amides is 1. The average Bonchev–Trinajstić information content (AvgIpc) is 2.75. The van der Waals surface area contributed by atoms with Crippen LogP contribution in [0.4, 0.5) is 0 Å². The molecule has 3 N–H and O–H groups in total. The third-order valence-corrected chi connectivity index (χ3v) is 4.05. The van der Waals surface area contributed by atoms with Gasteiger partial charge in [0.25, 0.3) is 0 Å². The van der Waals surface area contributed by atoms with E-state index in [2.05, 4.69) is 21.7 Å². The van der Waals surface area contributed by atoms with E-state index in [0.717, 1.165) is 26.1 Å². The second-order valence-electron chi connectivity index (χ2n) is 4.47. The third kappa shape index (κ3) is 3.28. The monoisotopic (exact) mass is 253 g/mol. The Morgan fingerprint density at radius 1 is 1.71 bits per heavy atom. The summed E-state index contributed by atoms with van der Waals surface area (Å²) in [5.41, 5.74) is 6.92. The highest BCUT2D eigenvalue weighted by Crippen LogP contribution is 2.23. The van der Waals surface area contributed by atoms with Crippen molar-refractivity contribution in [2.45, 2.75) is 25.9 Å². The van der Waals surface area contributed by atoms with Crippen LogP contribution in [0.3, 0.4) is 0 Å². The first-order valence-electron chi connectivity index (χ1n) is 5.97. The molecule has 0 spiro atoms. The molecular weight excluding hydrogens is 234 g/mol. The second kappa shape index (κ2) is 5.62. The van der Waals surface area contributed by atoms with Crippen molar-refractivity contribution in [1.29, 1.82) is 0 Å². The topological polar surface area (TPSA) is 58.4 Å². The van der Waals surface area contributed by atoms with E-state index in [4.69, 9.17) is 5.73 Å². The average molecular weight is 253 g/mol. The van der Waals surface area contributed by atoms with Gasteiger partial charge in [0.05, 0.1) is 6.04 Å². The van der Waals surface area contributed by atoms with Crippen molar-refractivity contribution >= 4 is 17.2 Å². The lowest BCUT2D eigenvalue weighted by molar-refractivity contribution is -0.122. The molecule has 0 saturated carbocycles. The van der Waals surface area contributed by atoms with Gasteiger partial charge in [-0.3, -0.25) is 9.69 Å². The zero-order chi connectivity index (χ0) is 12.3. The Kier molecular flexibility index (Phi) is 4.15. The normalized spacial score (nSPS) is 17.5. The summed E-state index contributed by atoms with van der Waals surface area (Å²) in [5.74, 6) is -0.0711. The maximum atomic E-state index is 11.3. The Hall–Kier alpha value is -0.910. The molecule has 0 saturated heterocycles. The molecule has 0 unspecified atom stereocenters. The van der Waals surface area contributed by atoms with Gasteiger partial charge in [-0.2, -0.15) is 0 Å². The molecule has 0 fully saturated rings. The van der Waals surface area contributed by atoms with E-state index in [9.17, 15) is 4.79 Å². The summed E-state index contributed by atoms with van der Waals surface area (Å²) in [6.45, 7) is 5.37. The van der Waals surface area contributed by atoms with Gasteiger partial charge < -0.3 is 11.1 Å². The van der Waals surface area contributed by atoms with Gasteiger partial charge in [0, 0.05) is 31.1 Å². The fourth-order valence-electron chi connectivity index (χ4n) is 2.00. The van der Waals surface area contributed by atoms with Crippen LogP contribution in [0.25, 0.3) is 0 Å². The summed E-state index contributed by atoms with van der Waals surface area (Å²) in [5, 5.41) is 5.00. The van der Waals surface area contributed by atoms with Crippen LogP contribution in [0.5, 0.6) is 0 Å². The largest absolute Gasteiger partial charge is 0.353 e. The number of rotatable bonds is 4. The van der Waals surface area contributed by atoms with E-state index in [1.807, 2.05) is 11.3 Å². The van der Waals surface area contributed by atoms with Gasteiger partial charge in [0.15, 0.2) is 0 Å². The minimum absolute atomic E-state index is 0.0711. The Morgan fingerprint density at radius 3 is 3.29 bits per heavy atom. The molecule has 0 bridgehead atoms. The van der Waals surface area contributed by atoms with E-state index in [0.29, 0.717) is 6.54 Å². The fraction of sp³-hybridized carbons (Fsp3) is 0.583. The Balaban J connectivity index is 1.73. The van der Waals surface area contributed by atoms with Gasteiger partial charge in [-0.25, -0.2) is 0 Å². The first kappa shape index (κ1) is 12.5. The number of carbonyl (C=O) groups excluding carboxylic acids is 1. The van der Waals surface area contributed by atoms with Crippen LogP contribution in [0.2, 0.25) is 0 Å². The number of hydrogen-bond acceptors (Lipinski definition) is 4. The third-order valence-electron chi connectivity index (χ3n) is 3.03. The van der Waals surface area contributed by atoms with Crippen molar-refractivity contribution in [1.82, 2.24) is 10.2 Å². The van der Waals surface area contributed by atoms with Gasteiger partial charge >= 0.3 is 0 Å². The molecule has 1 amide bonds. The van der Waals surface area contributed by atoms with E-state index < -0.39 is 6.04 Å². The number of nitrogens with zero attached hydrogens (tertiary/aromatic N) is 1. The number of carbonyl (C=O) groups is 1. The maximum absolute atomic E-state index is 11.3. The minimum Gasteiger partial charge on any atom is -0.353 e. The molecule has 1 aromatic rings. The zero-order valence-corrected chi connectivity index (χ0v) is 10.9. The highest BCUT2D eigenvalue weighted by molar-refractivity contribution is 7.10. The van der Waals surface area contributed by atoms with Crippen LogP contribution >= 0.6 is 11.3 Å². The van der Waals surface area contributed by atoms with E-state index in [1.165, 1.54) is 10.4 Å². The molecule has 4 nitrogen and oxygen atoms in total. The molecule has 0 aliphatic carbocycles. The highest BCUT2D eigenvalue weighted by atomic mass is 32.1. The van der Waals surface area contributed by atoms with Gasteiger partial charge in [0.2, 0.25) is 5.91 Å². The van der Waals surface area contributed by atoms with Crippen LogP contribution in [-0.4, -0.2) is 36.5 Å². The lowest BCUT2D eigenvalue weighted by atomic mass is 10.1. The predicted octanol–water partition coefficient (Wildman–Crippen LogP) is 0.570. The van der Waals surface area contributed by atoms with E-state index in [-0.39, 0.29) is 5.91 Å². The van der Waals surface area contributed by atoms with E-state index in [1.54, 1.807) is 6.92 Å². The van der Waals surface area contributed by atoms with Crippen molar-refractivity contribution < 1.29 is 4.79 Å². The van der Waals surface area contributed by atoms with Crippen molar-refractivity contribution in [2.75, 3.05) is 19.6 Å². The number of thiophene rings is 1. The lowest BCUT2D eigenvalue weighted by Crippen LogP contribution is -2.42. The maximum Gasteiger partial charge on any atom is 0.236 e. The fourth-order valence-corrected chi connectivity index (χ4v) is 2.89. The first-order chi connectivity index (χ1) is 8.16. The molecule has 2 rings (SSSR count). The number of nitrogens with one attached hydrogen (secondary N) is 1. The Labute approximate surface area is 106 Å². The first-order valence-corrected chi connectivity index (χ1v) is 6.85. The molecule has 2 heterocycles. The van der Waals surface area contributed by atoms with Crippen LogP contribution < -0.4 is 11.1 Å². The second-order valence-corrected chi connectivity index (χ2v) is 5.48. The highest BCUT2D eigenvalue weighted by Gasteiger charge is 2.16. The molecule has 17 heavy (non-hydrogen) atoms. The molecule has 1 atom stereocenters. The van der Waals surface area contributed by atoms with Crippen molar-refractivity contribution in [3.05, 3.63) is 21.9 Å². The summed E-state index contributed by atoms with van der Waals surface area (Å²) in [4.78, 5) is 15.2. The van der Waals surface area contributed by atoms with Gasteiger partial charge in [-0.1, -0.05) is 0 Å². The molecule has 1 aromatic heterocycles. The standard InChI is InChI=1S/C12H19N3OS/c1-9(13)12(16)14-4-6-15-5-2-11-10(8-15)3-7-17-11/h3,7,9H,2,4-6,8,13H2,1H3,(H,14,16)/t9-/m1/s1. The molecule has 1 aliphatic heterocycles. The molecule has 0 radical (unpaired) electrons. The van der Waals surface area contributed by atoms with Crippen LogP contribution in [0.1, 0.15) is 17.4 Å². The summed E-state index contributed by atoms with van der Waals surface area (Å²) in [7, 11) is 0. The number of fused-ring (bicyclic) bond motifs is 1. The van der Waals surface area contributed by atoms with Crippen LogP contribution in [-0.2, 0) is 17.8 Å². The molecule has 5 heteroatoms. The Bertz CT molecular complexity index is 389. The van der Waals surface area contributed by atoms with Crippen LogP contribution in [0, 0.1) is 0 Å². The SMILES string of the molecule is C[C@@H](N)C(=O)NCCN1CCc2sccc2C1. The zero-order valence-electron chi connectivity index (χ0n) is 10.1. The number of hydrogen-bond donors (Lipinski definition) is 2. The summed E-state index contributed by atoms with van der Waals surface area (Å²) < 4.78 is 0. The van der Waals surface area contributed by atoms with Crippen molar-refractivity contribution in [3.63, 3.8) is 0 Å². The Morgan fingerprint density at radius 2 is 2.53 bits per heavy atom. The van der Waals surface area contributed by atoms with Gasteiger partial charge in [0.1, 0.15) is 0 Å². The quantitative estimate of drug-likeness (QED) is 0.825.